The van der Waals surface area contributed by atoms with E-state index in [4.69, 9.17) is 10.8 Å². The minimum absolute atomic E-state index is 0. The van der Waals surface area contributed by atoms with E-state index in [9.17, 15) is 0 Å². The van der Waals surface area contributed by atoms with Gasteiger partial charge in [0, 0.05) is 5.54 Å². The molecule has 0 aliphatic heterocycles. The van der Waals surface area contributed by atoms with Crippen molar-refractivity contribution < 1.29 is 5.11 Å². The summed E-state index contributed by atoms with van der Waals surface area (Å²) in [5.41, 5.74) is 6.08. The van der Waals surface area contributed by atoms with Crippen molar-refractivity contribution in [3.8, 4) is 0 Å². The summed E-state index contributed by atoms with van der Waals surface area (Å²) in [6, 6.07) is 0. The van der Waals surface area contributed by atoms with Gasteiger partial charge in [0.15, 0.2) is 0 Å². The second kappa shape index (κ2) is 2.10. The van der Waals surface area contributed by atoms with Gasteiger partial charge < -0.3 is 10.8 Å². The quantitative estimate of drug-likeness (QED) is 0.597. The fraction of sp³-hybridized carbons (Fsp3) is 1.00. The highest BCUT2D eigenvalue weighted by Crippen LogP contribution is 2.66. The molecule has 2 saturated carbocycles. The van der Waals surface area contributed by atoms with Crippen LogP contribution in [-0.4, -0.2) is 17.3 Å². The summed E-state index contributed by atoms with van der Waals surface area (Å²) in [6.07, 6.45) is 4.89. The molecule has 60 valence electrons. The first-order valence-electron chi connectivity index (χ1n) is 3.62. The van der Waals surface area contributed by atoms with Crippen LogP contribution in [0, 0.1) is 5.41 Å². The Balaban J connectivity index is 0.000000500. The highest BCUT2D eigenvalue weighted by molar-refractivity contribution is 5.85. The predicted molar refractivity (Wildman–Crippen MR) is 42.2 cm³/mol. The van der Waals surface area contributed by atoms with Gasteiger partial charge >= 0.3 is 0 Å². The smallest absolute Gasteiger partial charge is 0.0616 e. The van der Waals surface area contributed by atoms with Gasteiger partial charge in [-0.1, -0.05) is 6.42 Å². The van der Waals surface area contributed by atoms with Crippen molar-refractivity contribution in [2.45, 2.75) is 31.2 Å². The van der Waals surface area contributed by atoms with Gasteiger partial charge in [-0.2, -0.15) is 0 Å². The van der Waals surface area contributed by atoms with Crippen molar-refractivity contribution in [2.24, 2.45) is 11.1 Å². The Morgan fingerprint density at radius 1 is 1.40 bits per heavy atom. The average molecular weight is 164 g/mol. The van der Waals surface area contributed by atoms with Crippen molar-refractivity contribution in [2.75, 3.05) is 6.61 Å². The lowest BCUT2D eigenvalue weighted by Gasteiger charge is -2.29. The van der Waals surface area contributed by atoms with Crippen LogP contribution in [0.15, 0.2) is 0 Å². The number of aliphatic hydroxyl groups is 1. The van der Waals surface area contributed by atoms with Gasteiger partial charge in [0.1, 0.15) is 0 Å². The van der Waals surface area contributed by atoms with Crippen LogP contribution in [-0.2, 0) is 0 Å². The number of nitrogens with two attached hydrogens (primary N) is 1. The number of rotatable bonds is 1. The van der Waals surface area contributed by atoms with Gasteiger partial charge in [0.2, 0.25) is 0 Å². The normalized spacial score (nSPS) is 40.2. The maximum atomic E-state index is 8.84. The summed E-state index contributed by atoms with van der Waals surface area (Å²) in [7, 11) is 0. The van der Waals surface area contributed by atoms with Gasteiger partial charge in [0.25, 0.3) is 0 Å². The van der Waals surface area contributed by atoms with Crippen LogP contribution >= 0.6 is 12.4 Å². The lowest BCUT2D eigenvalue weighted by atomic mass is 9.78. The van der Waals surface area contributed by atoms with E-state index in [-0.39, 0.29) is 24.6 Å². The third kappa shape index (κ3) is 0.728. The molecular formula is C7H14ClNO. The van der Waals surface area contributed by atoms with Crippen LogP contribution in [0.1, 0.15) is 25.7 Å². The monoisotopic (exact) mass is 163 g/mol. The van der Waals surface area contributed by atoms with E-state index in [1.165, 1.54) is 19.3 Å². The molecular weight excluding hydrogens is 150 g/mol. The molecule has 10 heavy (non-hydrogen) atoms. The molecule has 1 unspecified atom stereocenters. The topological polar surface area (TPSA) is 46.2 Å². The number of halogens is 1. The van der Waals surface area contributed by atoms with E-state index in [1.54, 1.807) is 0 Å². The Hall–Kier alpha value is 0.210. The molecule has 2 fully saturated rings. The molecule has 3 heteroatoms. The van der Waals surface area contributed by atoms with Crippen molar-refractivity contribution in [1.29, 1.82) is 0 Å². The molecule has 2 rings (SSSR count). The molecule has 1 spiro atoms. The zero-order chi connectivity index (χ0) is 6.54. The van der Waals surface area contributed by atoms with Gasteiger partial charge in [-0.15, -0.1) is 12.4 Å². The minimum atomic E-state index is -0.161. The Morgan fingerprint density at radius 3 is 2.10 bits per heavy atom. The van der Waals surface area contributed by atoms with Gasteiger partial charge in [-0.3, -0.25) is 0 Å². The molecule has 0 heterocycles. The molecule has 2 aliphatic rings. The van der Waals surface area contributed by atoms with E-state index in [0.717, 1.165) is 6.42 Å². The number of hydrogen-bond donors (Lipinski definition) is 2. The van der Waals surface area contributed by atoms with Crippen molar-refractivity contribution in [3.05, 3.63) is 0 Å². The molecule has 0 amide bonds. The second-order valence-corrected chi connectivity index (χ2v) is 3.62. The largest absolute Gasteiger partial charge is 0.394 e. The summed E-state index contributed by atoms with van der Waals surface area (Å²) in [5.74, 6) is 0. The molecule has 0 aromatic carbocycles. The van der Waals surface area contributed by atoms with Crippen molar-refractivity contribution >= 4 is 12.4 Å². The molecule has 0 saturated heterocycles. The molecule has 0 radical (unpaired) electrons. The Morgan fingerprint density at radius 2 is 2.00 bits per heavy atom. The fourth-order valence-corrected chi connectivity index (χ4v) is 2.06. The lowest BCUT2D eigenvalue weighted by Crippen LogP contribution is -2.37. The summed E-state index contributed by atoms with van der Waals surface area (Å²) < 4.78 is 0. The highest BCUT2D eigenvalue weighted by atomic mass is 35.5. The molecule has 0 aromatic heterocycles. The molecule has 3 N–H and O–H groups in total. The minimum Gasteiger partial charge on any atom is -0.394 e. The SMILES string of the molecule is Cl.NC1(CO)CC12CCC2. The zero-order valence-corrected chi connectivity index (χ0v) is 6.78. The van der Waals surface area contributed by atoms with Crippen LogP contribution in [0.2, 0.25) is 0 Å². The standard InChI is InChI=1S/C7H13NO.ClH/c8-7(5-9)4-6(7)2-1-3-6;/h9H,1-5,8H2;1H. The summed E-state index contributed by atoms with van der Waals surface area (Å²) in [4.78, 5) is 0. The number of aliphatic hydroxyl groups excluding tert-OH is 1. The highest BCUT2D eigenvalue weighted by Gasteiger charge is 2.67. The average Bonchev–Trinajstić information content (AvgIpc) is 2.38. The molecule has 2 nitrogen and oxygen atoms in total. The van der Waals surface area contributed by atoms with Crippen LogP contribution in [0.5, 0.6) is 0 Å². The van der Waals surface area contributed by atoms with Crippen LogP contribution < -0.4 is 5.73 Å². The lowest BCUT2D eigenvalue weighted by molar-refractivity contribution is 0.174. The fourth-order valence-electron chi connectivity index (χ4n) is 2.06. The Kier molecular flexibility index (Phi) is 1.74. The van der Waals surface area contributed by atoms with Gasteiger partial charge in [0.05, 0.1) is 6.61 Å². The van der Waals surface area contributed by atoms with E-state index < -0.39 is 0 Å². The molecule has 1 atom stereocenters. The third-order valence-corrected chi connectivity index (χ3v) is 3.18. The summed E-state index contributed by atoms with van der Waals surface area (Å²) in [5, 5.41) is 8.84. The first-order chi connectivity index (χ1) is 4.22. The summed E-state index contributed by atoms with van der Waals surface area (Å²) >= 11 is 0. The first kappa shape index (κ1) is 8.31. The van der Waals surface area contributed by atoms with E-state index in [2.05, 4.69) is 0 Å². The van der Waals surface area contributed by atoms with Crippen LogP contribution in [0.25, 0.3) is 0 Å². The molecule has 2 aliphatic carbocycles. The van der Waals surface area contributed by atoms with E-state index in [0.29, 0.717) is 5.41 Å². The second-order valence-electron chi connectivity index (χ2n) is 3.62. The Labute approximate surface area is 67.2 Å². The van der Waals surface area contributed by atoms with Gasteiger partial charge in [-0.05, 0) is 24.7 Å². The van der Waals surface area contributed by atoms with Crippen molar-refractivity contribution in [1.82, 2.24) is 0 Å². The first-order valence-corrected chi connectivity index (χ1v) is 3.62. The van der Waals surface area contributed by atoms with E-state index in [1.807, 2.05) is 0 Å². The molecule has 0 aromatic rings. The maximum Gasteiger partial charge on any atom is 0.0616 e. The Bertz CT molecular complexity index is 139. The predicted octanol–water partition coefficient (Wildman–Crippen LogP) is 0.672. The molecule has 0 bridgehead atoms. The van der Waals surface area contributed by atoms with Crippen LogP contribution in [0.4, 0.5) is 0 Å². The van der Waals surface area contributed by atoms with Crippen molar-refractivity contribution in [3.63, 3.8) is 0 Å². The zero-order valence-electron chi connectivity index (χ0n) is 5.97. The summed E-state index contributed by atoms with van der Waals surface area (Å²) in [6.45, 7) is 0.188. The van der Waals surface area contributed by atoms with Crippen LogP contribution in [0.3, 0.4) is 0 Å². The van der Waals surface area contributed by atoms with E-state index >= 15 is 0 Å². The number of hydrogen-bond acceptors (Lipinski definition) is 2. The third-order valence-electron chi connectivity index (χ3n) is 3.18. The van der Waals surface area contributed by atoms with Gasteiger partial charge in [-0.25, -0.2) is 0 Å². The maximum absolute atomic E-state index is 8.84.